The van der Waals surface area contributed by atoms with Gasteiger partial charge in [-0.25, -0.2) is 4.79 Å². The molecule has 1 unspecified atom stereocenters. The fourth-order valence-corrected chi connectivity index (χ4v) is 1.93. The quantitative estimate of drug-likeness (QED) is 0.592. The molecule has 0 spiro atoms. The SMILES string of the molecule is CC(O)(CNC(=O)c1cn[nH]c1-c1cccc(OC(F)F)c1)C(=O)O. The van der Waals surface area contributed by atoms with Crippen molar-refractivity contribution in [3.63, 3.8) is 0 Å². The van der Waals surface area contributed by atoms with Crippen LogP contribution >= 0.6 is 0 Å². The highest BCUT2D eigenvalue weighted by molar-refractivity contribution is 6.00. The van der Waals surface area contributed by atoms with Gasteiger partial charge in [0.05, 0.1) is 24.0 Å². The van der Waals surface area contributed by atoms with E-state index in [0.29, 0.717) is 5.56 Å². The lowest BCUT2D eigenvalue weighted by Gasteiger charge is -2.18. The molecule has 0 fully saturated rings. The van der Waals surface area contributed by atoms with Gasteiger partial charge in [0, 0.05) is 5.56 Å². The highest BCUT2D eigenvalue weighted by atomic mass is 19.3. The van der Waals surface area contributed by atoms with Crippen LogP contribution in [0.25, 0.3) is 11.3 Å². The minimum Gasteiger partial charge on any atom is -0.479 e. The first kappa shape index (κ1) is 18.3. The number of hydrogen-bond donors (Lipinski definition) is 4. The number of carboxylic acid groups (broad SMARTS) is 1. The zero-order valence-corrected chi connectivity index (χ0v) is 13.0. The fourth-order valence-electron chi connectivity index (χ4n) is 1.93. The number of nitrogens with one attached hydrogen (secondary N) is 2. The van der Waals surface area contributed by atoms with Crippen LogP contribution in [0.5, 0.6) is 5.75 Å². The number of amides is 1. The van der Waals surface area contributed by atoms with Crippen molar-refractivity contribution >= 4 is 11.9 Å². The number of aromatic amines is 1. The molecule has 0 aliphatic carbocycles. The van der Waals surface area contributed by atoms with E-state index in [2.05, 4.69) is 20.3 Å². The van der Waals surface area contributed by atoms with Crippen LogP contribution in [0.2, 0.25) is 0 Å². The Kier molecular flexibility index (Phi) is 5.32. The Morgan fingerprint density at radius 2 is 2.16 bits per heavy atom. The van der Waals surface area contributed by atoms with E-state index in [0.717, 1.165) is 6.92 Å². The van der Waals surface area contributed by atoms with Crippen LogP contribution in [0.15, 0.2) is 30.5 Å². The predicted octanol–water partition coefficient (Wildman–Crippen LogP) is 1.24. The fraction of sp³-hybridized carbons (Fsp3) is 0.267. The molecule has 0 saturated heterocycles. The minimum atomic E-state index is -2.99. The number of nitrogens with zero attached hydrogens (tertiary/aromatic N) is 1. The third kappa shape index (κ3) is 4.51. The molecular weight excluding hydrogens is 340 g/mol. The van der Waals surface area contributed by atoms with Crippen LogP contribution in [-0.4, -0.2) is 51.0 Å². The average Bonchev–Trinajstić information content (AvgIpc) is 3.02. The summed E-state index contributed by atoms with van der Waals surface area (Å²) in [6.07, 6.45) is 1.20. The number of hydrogen-bond acceptors (Lipinski definition) is 5. The van der Waals surface area contributed by atoms with Gasteiger partial charge in [-0.2, -0.15) is 13.9 Å². The van der Waals surface area contributed by atoms with Crippen molar-refractivity contribution in [3.8, 4) is 17.0 Å². The van der Waals surface area contributed by atoms with Gasteiger partial charge in [-0.05, 0) is 19.1 Å². The van der Waals surface area contributed by atoms with Crippen molar-refractivity contribution in [1.82, 2.24) is 15.5 Å². The van der Waals surface area contributed by atoms with Gasteiger partial charge in [0.15, 0.2) is 5.60 Å². The number of halogens is 2. The molecule has 2 rings (SSSR count). The van der Waals surface area contributed by atoms with E-state index >= 15 is 0 Å². The molecule has 0 aliphatic heterocycles. The van der Waals surface area contributed by atoms with Gasteiger partial charge in [-0.15, -0.1) is 0 Å². The van der Waals surface area contributed by atoms with Crippen molar-refractivity contribution in [3.05, 3.63) is 36.0 Å². The van der Waals surface area contributed by atoms with E-state index in [1.807, 2.05) is 0 Å². The van der Waals surface area contributed by atoms with E-state index in [9.17, 15) is 23.5 Å². The maximum Gasteiger partial charge on any atom is 0.387 e. The summed E-state index contributed by atoms with van der Waals surface area (Å²) in [4.78, 5) is 23.0. The molecule has 1 amide bonds. The summed E-state index contributed by atoms with van der Waals surface area (Å²) < 4.78 is 28.9. The Labute approximate surface area is 140 Å². The van der Waals surface area contributed by atoms with Crippen molar-refractivity contribution < 1.29 is 33.3 Å². The molecule has 0 saturated carbocycles. The summed E-state index contributed by atoms with van der Waals surface area (Å²) in [6, 6.07) is 5.64. The Hall–Kier alpha value is -3.01. The number of carbonyl (C=O) groups excluding carboxylic acids is 1. The maximum absolute atomic E-state index is 12.3. The van der Waals surface area contributed by atoms with Crippen LogP contribution in [0, 0.1) is 0 Å². The van der Waals surface area contributed by atoms with Crippen LogP contribution in [0.3, 0.4) is 0 Å². The average molecular weight is 355 g/mol. The lowest BCUT2D eigenvalue weighted by molar-refractivity contribution is -0.155. The Balaban J connectivity index is 2.20. The van der Waals surface area contributed by atoms with Gasteiger partial charge in [-0.3, -0.25) is 9.89 Å². The van der Waals surface area contributed by atoms with Gasteiger partial charge in [0.2, 0.25) is 0 Å². The van der Waals surface area contributed by atoms with Gasteiger partial charge >= 0.3 is 12.6 Å². The molecule has 1 heterocycles. The lowest BCUT2D eigenvalue weighted by Crippen LogP contribution is -2.46. The molecule has 8 nitrogen and oxygen atoms in total. The van der Waals surface area contributed by atoms with Crippen LogP contribution in [-0.2, 0) is 4.79 Å². The zero-order chi connectivity index (χ0) is 18.6. The molecule has 1 aromatic heterocycles. The molecule has 4 N–H and O–H groups in total. The number of rotatable bonds is 7. The second-order valence-electron chi connectivity index (χ2n) is 5.33. The number of carbonyl (C=O) groups is 2. The molecule has 1 atom stereocenters. The number of aliphatic carboxylic acids is 1. The monoisotopic (exact) mass is 355 g/mol. The number of ether oxygens (including phenoxy) is 1. The molecule has 25 heavy (non-hydrogen) atoms. The predicted molar refractivity (Wildman–Crippen MR) is 81.2 cm³/mol. The van der Waals surface area contributed by atoms with Gasteiger partial charge in [0.1, 0.15) is 5.75 Å². The van der Waals surface area contributed by atoms with Crippen LogP contribution in [0.4, 0.5) is 8.78 Å². The number of H-pyrrole nitrogens is 1. The number of aromatic nitrogens is 2. The molecule has 1 aromatic carbocycles. The number of aliphatic hydroxyl groups is 1. The van der Waals surface area contributed by atoms with E-state index in [4.69, 9.17) is 5.11 Å². The van der Waals surface area contributed by atoms with Crippen molar-refractivity contribution in [2.24, 2.45) is 0 Å². The Morgan fingerprint density at radius 3 is 2.80 bits per heavy atom. The second-order valence-corrected chi connectivity index (χ2v) is 5.33. The highest BCUT2D eigenvalue weighted by Crippen LogP contribution is 2.26. The summed E-state index contributed by atoms with van der Waals surface area (Å²) in [5, 5.41) is 27.0. The van der Waals surface area contributed by atoms with Crippen molar-refractivity contribution in [2.45, 2.75) is 19.1 Å². The molecule has 10 heteroatoms. The molecular formula is C15H15F2N3O5. The highest BCUT2D eigenvalue weighted by Gasteiger charge is 2.30. The van der Waals surface area contributed by atoms with E-state index in [-0.39, 0.29) is 17.0 Å². The first-order valence-electron chi connectivity index (χ1n) is 7.03. The largest absolute Gasteiger partial charge is 0.479 e. The van der Waals surface area contributed by atoms with Gasteiger partial charge < -0.3 is 20.3 Å². The van der Waals surface area contributed by atoms with Crippen LogP contribution in [0.1, 0.15) is 17.3 Å². The summed E-state index contributed by atoms with van der Waals surface area (Å²) in [5.74, 6) is -2.27. The van der Waals surface area contributed by atoms with Crippen LogP contribution < -0.4 is 10.1 Å². The van der Waals surface area contributed by atoms with E-state index < -0.39 is 30.6 Å². The summed E-state index contributed by atoms with van der Waals surface area (Å²) in [6.45, 7) is -2.48. The maximum atomic E-state index is 12.3. The summed E-state index contributed by atoms with van der Waals surface area (Å²) in [7, 11) is 0. The molecule has 0 bridgehead atoms. The van der Waals surface area contributed by atoms with Gasteiger partial charge in [0.25, 0.3) is 5.91 Å². The molecule has 2 aromatic rings. The Bertz CT molecular complexity index is 776. The summed E-state index contributed by atoms with van der Waals surface area (Å²) in [5.41, 5.74) is -1.49. The van der Waals surface area contributed by atoms with E-state index in [1.54, 1.807) is 6.07 Å². The zero-order valence-electron chi connectivity index (χ0n) is 13.0. The van der Waals surface area contributed by atoms with Gasteiger partial charge in [-0.1, -0.05) is 12.1 Å². The first-order chi connectivity index (χ1) is 11.7. The number of benzene rings is 1. The molecule has 0 aliphatic rings. The second kappa shape index (κ2) is 7.26. The topological polar surface area (TPSA) is 125 Å². The third-order valence-electron chi connectivity index (χ3n) is 3.29. The molecule has 134 valence electrons. The standard InChI is InChI=1S/C15H15F2N3O5/c1-15(24,13(22)23)7-18-12(21)10-6-19-20-11(10)8-3-2-4-9(5-8)25-14(16)17/h2-6,14,24H,7H2,1H3,(H,18,21)(H,19,20)(H,22,23). The Morgan fingerprint density at radius 1 is 1.44 bits per heavy atom. The van der Waals surface area contributed by atoms with Crippen molar-refractivity contribution in [1.29, 1.82) is 0 Å². The normalized spacial score (nSPS) is 13.3. The number of alkyl halides is 2. The minimum absolute atomic E-state index is 0.0513. The third-order valence-corrected chi connectivity index (χ3v) is 3.29. The van der Waals surface area contributed by atoms with Crippen molar-refractivity contribution in [2.75, 3.05) is 6.54 Å². The summed E-state index contributed by atoms with van der Waals surface area (Å²) >= 11 is 0. The lowest BCUT2D eigenvalue weighted by atomic mass is 10.1. The molecule has 0 radical (unpaired) electrons. The smallest absolute Gasteiger partial charge is 0.387 e. The van der Waals surface area contributed by atoms with E-state index in [1.165, 1.54) is 24.4 Å². The first-order valence-corrected chi connectivity index (χ1v) is 7.03. The number of carboxylic acids is 1.